The molecule has 0 saturated carbocycles. The number of aryl methyl sites for hydroxylation is 1. The quantitative estimate of drug-likeness (QED) is 0.724. The molecular formula is C19H19N3O3. The number of carbonyl (C=O) groups is 2. The largest absolute Gasteiger partial charge is 0.356 e. The van der Waals surface area contributed by atoms with Crippen molar-refractivity contribution in [2.45, 2.75) is 19.8 Å². The minimum atomic E-state index is -0.280. The predicted molar refractivity (Wildman–Crippen MR) is 95.2 cm³/mol. The number of nitrogens with zero attached hydrogens (tertiary/aromatic N) is 1. The number of para-hydroxylation sites is 2. The zero-order chi connectivity index (χ0) is 17.6. The lowest BCUT2D eigenvalue weighted by Crippen LogP contribution is -2.34. The van der Waals surface area contributed by atoms with Crippen molar-refractivity contribution in [2.24, 2.45) is 0 Å². The maximum Gasteiger partial charge on any atom is 0.243 e. The van der Waals surface area contributed by atoms with Crippen LogP contribution >= 0.6 is 0 Å². The highest BCUT2D eigenvalue weighted by Crippen LogP contribution is 2.18. The van der Waals surface area contributed by atoms with E-state index in [0.29, 0.717) is 11.3 Å². The summed E-state index contributed by atoms with van der Waals surface area (Å²) in [5.74, 6) is -0.544. The molecule has 0 bridgehead atoms. The molecule has 1 heterocycles. The number of anilines is 1. The van der Waals surface area contributed by atoms with E-state index >= 15 is 0 Å². The lowest BCUT2D eigenvalue weighted by Gasteiger charge is -2.10. The first kappa shape index (κ1) is 16.7. The topological polar surface area (TPSA) is 84.2 Å². The fraction of sp³-hybridized carbons (Fsp3) is 0.211. The van der Waals surface area contributed by atoms with Crippen molar-refractivity contribution >= 4 is 28.5 Å². The van der Waals surface area contributed by atoms with Crippen LogP contribution in [0.2, 0.25) is 0 Å². The minimum Gasteiger partial charge on any atom is -0.356 e. The van der Waals surface area contributed by atoms with Gasteiger partial charge >= 0.3 is 0 Å². The van der Waals surface area contributed by atoms with Crippen LogP contribution in [-0.4, -0.2) is 23.5 Å². The second kappa shape index (κ2) is 7.61. The Bertz CT molecular complexity index is 902. The Morgan fingerprint density at radius 1 is 1.04 bits per heavy atom. The molecule has 25 heavy (non-hydrogen) atoms. The van der Waals surface area contributed by atoms with Crippen LogP contribution in [0, 0.1) is 0 Å². The molecule has 128 valence electrons. The van der Waals surface area contributed by atoms with Crippen molar-refractivity contribution in [3.8, 4) is 0 Å². The van der Waals surface area contributed by atoms with Crippen LogP contribution in [0.1, 0.15) is 18.2 Å². The number of amides is 2. The van der Waals surface area contributed by atoms with Gasteiger partial charge in [0, 0.05) is 11.1 Å². The molecule has 0 spiro atoms. The Hall–Kier alpha value is -3.15. The van der Waals surface area contributed by atoms with E-state index in [2.05, 4.69) is 15.8 Å². The number of hydrogen-bond acceptors (Lipinski definition) is 4. The summed E-state index contributed by atoms with van der Waals surface area (Å²) in [5.41, 5.74) is 3.02. The van der Waals surface area contributed by atoms with Gasteiger partial charge in [-0.2, -0.15) is 0 Å². The third-order valence-electron chi connectivity index (χ3n) is 3.90. The number of nitrogens with one attached hydrogen (secondary N) is 2. The molecule has 6 heteroatoms. The van der Waals surface area contributed by atoms with Crippen LogP contribution in [0.25, 0.3) is 11.0 Å². The Morgan fingerprint density at radius 3 is 2.64 bits per heavy atom. The standard InChI is InChI=1S/C19H19N3O3/c1-2-13-7-3-5-9-15(13)21-19(24)12-20-18(23)11-16-14-8-4-6-10-17(14)25-22-16/h3-10H,2,11-12H2,1H3,(H,20,23)(H,21,24). The summed E-state index contributed by atoms with van der Waals surface area (Å²) in [5, 5.41) is 10.1. The summed E-state index contributed by atoms with van der Waals surface area (Å²) in [7, 11) is 0. The third-order valence-corrected chi connectivity index (χ3v) is 3.90. The van der Waals surface area contributed by atoms with Gasteiger partial charge in [0.05, 0.1) is 13.0 Å². The summed E-state index contributed by atoms with van der Waals surface area (Å²) in [6.07, 6.45) is 0.887. The fourth-order valence-corrected chi connectivity index (χ4v) is 2.60. The van der Waals surface area contributed by atoms with E-state index < -0.39 is 0 Å². The lowest BCUT2D eigenvalue weighted by molar-refractivity contribution is -0.123. The molecule has 0 radical (unpaired) electrons. The molecule has 0 aliphatic carbocycles. The molecule has 0 aliphatic rings. The number of carbonyl (C=O) groups excluding carboxylic acids is 2. The first-order valence-corrected chi connectivity index (χ1v) is 8.15. The number of aromatic nitrogens is 1. The van der Waals surface area contributed by atoms with Crippen molar-refractivity contribution in [1.82, 2.24) is 10.5 Å². The average molecular weight is 337 g/mol. The molecule has 0 unspecified atom stereocenters. The van der Waals surface area contributed by atoms with Crippen molar-refractivity contribution in [2.75, 3.05) is 11.9 Å². The van der Waals surface area contributed by atoms with Gasteiger partial charge in [-0.05, 0) is 30.2 Å². The van der Waals surface area contributed by atoms with Gasteiger partial charge in [0.2, 0.25) is 11.8 Å². The molecule has 2 aromatic carbocycles. The molecular weight excluding hydrogens is 318 g/mol. The minimum absolute atomic E-state index is 0.0653. The molecule has 0 aliphatic heterocycles. The van der Waals surface area contributed by atoms with Gasteiger partial charge in [-0.3, -0.25) is 9.59 Å². The second-order valence-electron chi connectivity index (χ2n) is 5.64. The lowest BCUT2D eigenvalue weighted by atomic mass is 10.1. The highest BCUT2D eigenvalue weighted by Gasteiger charge is 2.13. The summed E-state index contributed by atoms with van der Waals surface area (Å²) in [6.45, 7) is 1.93. The zero-order valence-electron chi connectivity index (χ0n) is 13.9. The molecule has 0 fully saturated rings. The smallest absolute Gasteiger partial charge is 0.243 e. The molecule has 2 amide bonds. The average Bonchev–Trinajstić information content (AvgIpc) is 3.03. The van der Waals surface area contributed by atoms with E-state index in [1.165, 1.54) is 0 Å². The molecule has 0 atom stereocenters. The summed E-state index contributed by atoms with van der Waals surface area (Å²) < 4.78 is 5.17. The molecule has 1 aromatic heterocycles. The molecule has 3 rings (SSSR count). The van der Waals surface area contributed by atoms with Crippen LogP contribution in [0.3, 0.4) is 0 Å². The van der Waals surface area contributed by atoms with Gasteiger partial charge in [-0.25, -0.2) is 0 Å². The third kappa shape index (κ3) is 4.03. The van der Waals surface area contributed by atoms with Gasteiger partial charge in [0.15, 0.2) is 5.58 Å². The highest BCUT2D eigenvalue weighted by atomic mass is 16.5. The highest BCUT2D eigenvalue weighted by molar-refractivity contribution is 5.95. The molecule has 6 nitrogen and oxygen atoms in total. The first-order chi connectivity index (χ1) is 12.2. The van der Waals surface area contributed by atoms with E-state index in [-0.39, 0.29) is 24.8 Å². The monoisotopic (exact) mass is 337 g/mol. The first-order valence-electron chi connectivity index (χ1n) is 8.15. The van der Waals surface area contributed by atoms with Crippen LogP contribution < -0.4 is 10.6 Å². The van der Waals surface area contributed by atoms with E-state index in [9.17, 15) is 9.59 Å². The van der Waals surface area contributed by atoms with Gasteiger partial charge in [-0.15, -0.1) is 0 Å². The van der Waals surface area contributed by atoms with Crippen molar-refractivity contribution in [3.05, 3.63) is 59.8 Å². The Kier molecular flexibility index (Phi) is 5.09. The van der Waals surface area contributed by atoms with Crippen molar-refractivity contribution in [1.29, 1.82) is 0 Å². The SMILES string of the molecule is CCc1ccccc1NC(=O)CNC(=O)Cc1noc2ccccc12. The summed E-state index contributed by atoms with van der Waals surface area (Å²) >= 11 is 0. The van der Waals surface area contributed by atoms with Crippen molar-refractivity contribution < 1.29 is 14.1 Å². The zero-order valence-corrected chi connectivity index (χ0v) is 13.9. The van der Waals surface area contributed by atoms with Gasteiger partial charge in [-0.1, -0.05) is 42.4 Å². The number of rotatable bonds is 6. The summed E-state index contributed by atoms with van der Waals surface area (Å²) in [4.78, 5) is 24.1. The normalized spacial score (nSPS) is 10.6. The number of hydrogen-bond donors (Lipinski definition) is 2. The Morgan fingerprint density at radius 2 is 1.80 bits per heavy atom. The van der Waals surface area contributed by atoms with Crippen LogP contribution in [-0.2, 0) is 22.4 Å². The number of benzene rings is 2. The fourth-order valence-electron chi connectivity index (χ4n) is 2.60. The molecule has 0 saturated heterocycles. The summed E-state index contributed by atoms with van der Waals surface area (Å²) in [6, 6.07) is 15.0. The predicted octanol–water partition coefficient (Wildman–Crippen LogP) is 2.69. The van der Waals surface area contributed by atoms with Gasteiger partial charge in [0.25, 0.3) is 0 Å². The molecule has 2 N–H and O–H groups in total. The van der Waals surface area contributed by atoms with Crippen LogP contribution in [0.4, 0.5) is 5.69 Å². The van der Waals surface area contributed by atoms with Gasteiger partial charge in [0.1, 0.15) is 5.69 Å². The number of fused-ring (bicyclic) bond motifs is 1. The maximum absolute atomic E-state index is 12.1. The molecule has 3 aromatic rings. The van der Waals surface area contributed by atoms with Gasteiger partial charge < -0.3 is 15.2 Å². The second-order valence-corrected chi connectivity index (χ2v) is 5.64. The maximum atomic E-state index is 12.1. The Balaban J connectivity index is 1.54. The van der Waals surface area contributed by atoms with E-state index in [1.807, 2.05) is 49.4 Å². The van der Waals surface area contributed by atoms with E-state index in [1.54, 1.807) is 6.07 Å². The van der Waals surface area contributed by atoms with Crippen LogP contribution in [0.5, 0.6) is 0 Å². The Labute approximate surface area is 145 Å². The van der Waals surface area contributed by atoms with Crippen molar-refractivity contribution in [3.63, 3.8) is 0 Å². The van der Waals surface area contributed by atoms with E-state index in [4.69, 9.17) is 4.52 Å². The van der Waals surface area contributed by atoms with Crippen LogP contribution in [0.15, 0.2) is 53.1 Å². The van der Waals surface area contributed by atoms with E-state index in [0.717, 1.165) is 23.1 Å².